The van der Waals surface area contributed by atoms with Gasteiger partial charge in [0.25, 0.3) is 0 Å². The summed E-state index contributed by atoms with van der Waals surface area (Å²) in [5, 5.41) is 5.31. The maximum absolute atomic E-state index is 11.0. The molecule has 0 aliphatic carbocycles. The molecule has 0 aromatic heterocycles. The van der Waals surface area contributed by atoms with Crippen molar-refractivity contribution in [3.63, 3.8) is 0 Å². The minimum atomic E-state index is -0.475. The number of amides is 1. The van der Waals surface area contributed by atoms with Gasteiger partial charge in [-0.05, 0) is 12.1 Å². The number of rotatable bonds is 3. The van der Waals surface area contributed by atoms with Crippen LogP contribution in [0.5, 0.6) is 5.75 Å². The van der Waals surface area contributed by atoms with Gasteiger partial charge in [0.1, 0.15) is 11.4 Å². The lowest BCUT2D eigenvalue weighted by atomic mass is 10.3. The van der Waals surface area contributed by atoms with Crippen LogP contribution in [0.25, 0.3) is 0 Å². The first-order chi connectivity index (χ1) is 7.67. The third-order valence-corrected chi connectivity index (χ3v) is 1.96. The molecule has 6 heteroatoms. The molecular weight excluding hydrogens is 242 g/mol. The van der Waals surface area contributed by atoms with Crippen LogP contribution in [0, 0.1) is 0 Å². The standard InChI is InChI=1S/C11H15N3O2.ClH/c1-12-8-14(3)9-5-4-6-10(7-9)16-11(15)13-2;/h4-8H,1-3H3,(H,13,15);1H/p+1. The quantitative estimate of drug-likeness (QED) is 0.489. The predicted molar refractivity (Wildman–Crippen MR) is 69.7 cm³/mol. The molecule has 0 saturated heterocycles. The summed E-state index contributed by atoms with van der Waals surface area (Å²) < 4.78 is 6.91. The van der Waals surface area contributed by atoms with Crippen molar-refractivity contribution < 1.29 is 14.1 Å². The summed E-state index contributed by atoms with van der Waals surface area (Å²) in [4.78, 5) is 11.0. The Labute approximate surface area is 107 Å². The van der Waals surface area contributed by atoms with E-state index < -0.39 is 6.09 Å². The maximum atomic E-state index is 11.0. The maximum Gasteiger partial charge on any atom is 0.412 e. The molecule has 0 heterocycles. The van der Waals surface area contributed by atoms with Crippen LogP contribution >= 0.6 is 12.4 Å². The van der Waals surface area contributed by atoms with E-state index in [0.29, 0.717) is 5.75 Å². The lowest BCUT2D eigenvalue weighted by Crippen LogP contribution is -2.22. The van der Waals surface area contributed by atoms with E-state index in [9.17, 15) is 4.79 Å². The molecule has 1 aromatic carbocycles. The van der Waals surface area contributed by atoms with Gasteiger partial charge < -0.3 is 10.1 Å². The number of hydrogen-bond acceptors (Lipinski definition) is 2. The van der Waals surface area contributed by atoms with Gasteiger partial charge in [0.2, 0.25) is 6.34 Å². The van der Waals surface area contributed by atoms with E-state index >= 15 is 0 Å². The van der Waals surface area contributed by atoms with Crippen LogP contribution in [-0.4, -0.2) is 38.2 Å². The second-order valence-electron chi connectivity index (χ2n) is 3.17. The van der Waals surface area contributed by atoms with Gasteiger partial charge in [0, 0.05) is 13.1 Å². The summed E-state index contributed by atoms with van der Waals surface area (Å²) in [6.07, 6.45) is 1.33. The minimum Gasteiger partial charge on any atom is -0.410 e. The Bertz CT molecular complexity index is 407. The molecule has 17 heavy (non-hydrogen) atoms. The van der Waals surface area contributed by atoms with Crippen LogP contribution in [0.3, 0.4) is 0 Å². The summed E-state index contributed by atoms with van der Waals surface area (Å²) >= 11 is 0. The van der Waals surface area contributed by atoms with Gasteiger partial charge in [-0.3, -0.25) is 5.32 Å². The van der Waals surface area contributed by atoms with Crippen molar-refractivity contribution in [3.05, 3.63) is 24.3 Å². The fourth-order valence-corrected chi connectivity index (χ4v) is 1.19. The van der Waals surface area contributed by atoms with E-state index in [1.165, 1.54) is 7.05 Å². The third-order valence-electron chi connectivity index (χ3n) is 1.96. The van der Waals surface area contributed by atoms with Crippen molar-refractivity contribution in [1.82, 2.24) is 10.6 Å². The number of nitrogens with one attached hydrogen (secondary N) is 2. The Balaban J connectivity index is 0.00000256. The number of carbonyl (C=O) groups excluding carboxylic acids is 1. The fourth-order valence-electron chi connectivity index (χ4n) is 1.19. The topological polar surface area (TPSA) is 53.4 Å². The smallest absolute Gasteiger partial charge is 0.410 e. The molecule has 0 aliphatic heterocycles. The van der Waals surface area contributed by atoms with E-state index in [4.69, 9.17) is 4.74 Å². The molecule has 0 fully saturated rings. The number of carbonyl (C=O) groups is 1. The molecule has 0 unspecified atom stereocenters. The van der Waals surface area contributed by atoms with Gasteiger partial charge in [0.05, 0.1) is 14.1 Å². The van der Waals surface area contributed by atoms with Crippen LogP contribution in [0.1, 0.15) is 0 Å². The van der Waals surface area contributed by atoms with Crippen LogP contribution in [0.15, 0.2) is 24.3 Å². The first kappa shape index (κ1) is 15.2. The summed E-state index contributed by atoms with van der Waals surface area (Å²) in [7, 11) is 5.24. The number of hydrogen-bond donors (Lipinski definition) is 2. The monoisotopic (exact) mass is 258 g/mol. The Hall–Kier alpha value is -1.75. The van der Waals surface area contributed by atoms with Gasteiger partial charge in [-0.15, -0.1) is 12.4 Å². The van der Waals surface area contributed by atoms with Crippen molar-refractivity contribution in [3.8, 4) is 5.75 Å². The second kappa shape index (κ2) is 7.51. The second-order valence-corrected chi connectivity index (χ2v) is 3.17. The van der Waals surface area contributed by atoms with E-state index in [1.54, 1.807) is 18.5 Å². The molecule has 0 bridgehead atoms. The third kappa shape index (κ3) is 4.74. The summed E-state index contributed by atoms with van der Waals surface area (Å²) in [6.45, 7) is 0. The van der Waals surface area contributed by atoms with Crippen molar-refractivity contribution in [2.45, 2.75) is 0 Å². The molecule has 0 spiro atoms. The molecule has 5 nitrogen and oxygen atoms in total. The summed E-state index contributed by atoms with van der Waals surface area (Å²) in [6, 6.07) is 7.26. The average Bonchev–Trinajstić information content (AvgIpc) is 2.29. The zero-order valence-corrected chi connectivity index (χ0v) is 10.9. The number of ether oxygens (including phenoxy) is 1. The molecule has 2 N–H and O–H groups in total. The highest BCUT2D eigenvalue weighted by molar-refractivity contribution is 5.85. The molecular formula is C11H17ClN3O2+. The first-order valence-corrected chi connectivity index (χ1v) is 4.90. The molecule has 1 amide bonds. The van der Waals surface area contributed by atoms with Gasteiger partial charge in [0.15, 0.2) is 0 Å². The fraction of sp³-hybridized carbons (Fsp3) is 0.273. The van der Waals surface area contributed by atoms with E-state index in [0.717, 1.165) is 5.69 Å². The van der Waals surface area contributed by atoms with Gasteiger partial charge in [-0.2, -0.15) is 0 Å². The average molecular weight is 259 g/mol. The van der Waals surface area contributed by atoms with E-state index in [1.807, 2.05) is 30.8 Å². The van der Waals surface area contributed by atoms with Gasteiger partial charge >= 0.3 is 6.09 Å². The number of halogens is 1. The van der Waals surface area contributed by atoms with Crippen molar-refractivity contribution >= 4 is 30.5 Å². The van der Waals surface area contributed by atoms with E-state index in [2.05, 4.69) is 10.6 Å². The van der Waals surface area contributed by atoms with Crippen LogP contribution in [0.4, 0.5) is 10.5 Å². The Morgan fingerprint density at radius 3 is 2.71 bits per heavy atom. The predicted octanol–water partition coefficient (Wildman–Crippen LogP) is 1.35. The highest BCUT2D eigenvalue weighted by Gasteiger charge is 2.04. The molecule has 0 radical (unpaired) electrons. The highest BCUT2D eigenvalue weighted by Crippen LogP contribution is 2.18. The van der Waals surface area contributed by atoms with Crippen LogP contribution in [-0.2, 0) is 0 Å². The molecule has 94 valence electrons. The zero-order chi connectivity index (χ0) is 12.0. The lowest BCUT2D eigenvalue weighted by molar-refractivity contribution is -0.401. The normalized spacial score (nSPS) is 10.2. The van der Waals surface area contributed by atoms with Crippen molar-refractivity contribution in [1.29, 1.82) is 0 Å². The van der Waals surface area contributed by atoms with Gasteiger partial charge in [-0.25, -0.2) is 9.37 Å². The zero-order valence-electron chi connectivity index (χ0n) is 10.1. The molecule has 0 aliphatic rings. The Morgan fingerprint density at radius 2 is 2.12 bits per heavy atom. The van der Waals surface area contributed by atoms with Crippen LogP contribution in [0.2, 0.25) is 0 Å². The summed E-state index contributed by atoms with van der Waals surface area (Å²) in [5.41, 5.74) is 0.927. The molecule has 0 saturated carbocycles. The van der Waals surface area contributed by atoms with Crippen molar-refractivity contribution in [2.24, 2.45) is 0 Å². The molecule has 1 aromatic rings. The SMILES string of the molecule is CNC=[N+](C)c1cccc(OC(=O)NC)c1.Cl. The van der Waals surface area contributed by atoms with Crippen LogP contribution < -0.4 is 15.4 Å². The minimum absolute atomic E-state index is 0. The number of benzene rings is 1. The number of nitrogens with zero attached hydrogens (tertiary/aromatic N) is 1. The highest BCUT2D eigenvalue weighted by atomic mass is 35.5. The first-order valence-electron chi connectivity index (χ1n) is 4.90. The largest absolute Gasteiger partial charge is 0.412 e. The van der Waals surface area contributed by atoms with Crippen molar-refractivity contribution in [2.75, 3.05) is 21.1 Å². The molecule has 0 atom stereocenters. The van der Waals surface area contributed by atoms with E-state index in [-0.39, 0.29) is 12.4 Å². The lowest BCUT2D eigenvalue weighted by Gasteiger charge is -2.05. The Kier molecular flexibility index (Phi) is 6.74. The Morgan fingerprint density at radius 1 is 1.41 bits per heavy atom. The summed E-state index contributed by atoms with van der Waals surface area (Å²) in [5.74, 6) is 0.508. The van der Waals surface area contributed by atoms with Gasteiger partial charge in [-0.1, -0.05) is 6.07 Å². The molecule has 1 rings (SSSR count).